The Kier molecular flexibility index (Phi) is 8.33. The van der Waals surface area contributed by atoms with Gasteiger partial charge in [-0.25, -0.2) is 0 Å². The van der Waals surface area contributed by atoms with E-state index in [0.29, 0.717) is 55.0 Å². The Hall–Kier alpha value is -0.690. The summed E-state index contributed by atoms with van der Waals surface area (Å²) in [7, 11) is 0. The molecule has 34 heavy (non-hydrogen) atoms. The summed E-state index contributed by atoms with van der Waals surface area (Å²) >= 11 is 0. The van der Waals surface area contributed by atoms with Crippen molar-refractivity contribution in [1.82, 2.24) is 10.6 Å². The van der Waals surface area contributed by atoms with E-state index in [-0.39, 0.29) is 28.9 Å². The summed E-state index contributed by atoms with van der Waals surface area (Å²) < 4.78 is 0. The third-order valence-electron chi connectivity index (χ3n) is 11.2. The predicted molar refractivity (Wildman–Crippen MR) is 136 cm³/mol. The number of hydrogen-bond acceptors (Lipinski definition) is 5. The van der Waals surface area contributed by atoms with E-state index in [4.69, 9.17) is 5.73 Å². The Labute approximate surface area is 207 Å². The van der Waals surface area contributed by atoms with Crippen LogP contribution in [0, 0.1) is 46.3 Å². The maximum atomic E-state index is 12.4. The van der Waals surface area contributed by atoms with E-state index in [9.17, 15) is 15.0 Å². The fourth-order valence-electron chi connectivity index (χ4n) is 9.34. The zero-order chi connectivity index (χ0) is 24.5. The van der Waals surface area contributed by atoms with Gasteiger partial charge in [0.05, 0.1) is 12.2 Å². The lowest BCUT2D eigenvalue weighted by Crippen LogP contribution is -2.58. The van der Waals surface area contributed by atoms with Gasteiger partial charge >= 0.3 is 0 Å². The van der Waals surface area contributed by atoms with Gasteiger partial charge in [-0.05, 0) is 104 Å². The third-order valence-corrected chi connectivity index (χ3v) is 11.2. The molecular weight excluding hydrogens is 426 g/mol. The minimum atomic E-state index is -0.217. The van der Waals surface area contributed by atoms with Crippen LogP contribution in [0.15, 0.2) is 0 Å². The second kappa shape index (κ2) is 10.7. The van der Waals surface area contributed by atoms with Crippen LogP contribution in [-0.4, -0.2) is 54.5 Å². The van der Waals surface area contributed by atoms with E-state index in [0.717, 1.165) is 45.2 Å². The van der Waals surface area contributed by atoms with Crippen LogP contribution in [0.25, 0.3) is 0 Å². The minimum Gasteiger partial charge on any atom is -0.393 e. The van der Waals surface area contributed by atoms with Crippen molar-refractivity contribution in [3.05, 3.63) is 0 Å². The van der Waals surface area contributed by atoms with Crippen LogP contribution in [0.1, 0.15) is 85.0 Å². The number of hydrogen-bond donors (Lipinski definition) is 5. The molecule has 4 fully saturated rings. The molecule has 0 spiro atoms. The molecule has 6 heteroatoms. The highest BCUT2D eigenvalue weighted by atomic mass is 16.3. The van der Waals surface area contributed by atoms with E-state index in [1.807, 2.05) is 0 Å². The lowest BCUT2D eigenvalue weighted by molar-refractivity contribution is -0.174. The molecular formula is C28H51N3O3. The van der Waals surface area contributed by atoms with Gasteiger partial charge < -0.3 is 26.6 Å². The van der Waals surface area contributed by atoms with Gasteiger partial charge in [0, 0.05) is 32.6 Å². The van der Waals surface area contributed by atoms with Gasteiger partial charge in [-0.15, -0.1) is 0 Å². The molecule has 4 saturated carbocycles. The second-order valence-corrected chi connectivity index (χ2v) is 12.9. The molecule has 196 valence electrons. The topological polar surface area (TPSA) is 108 Å². The first-order valence-corrected chi connectivity index (χ1v) is 14.2. The van der Waals surface area contributed by atoms with E-state index >= 15 is 0 Å². The number of rotatable bonds is 9. The lowest BCUT2D eigenvalue weighted by atomic mass is 9.43. The van der Waals surface area contributed by atoms with Crippen molar-refractivity contribution in [2.75, 3.05) is 26.2 Å². The van der Waals surface area contributed by atoms with Crippen LogP contribution in [0.3, 0.4) is 0 Å². The van der Waals surface area contributed by atoms with Gasteiger partial charge in [-0.3, -0.25) is 4.79 Å². The highest BCUT2D eigenvalue weighted by Gasteiger charge is 2.62. The summed E-state index contributed by atoms with van der Waals surface area (Å²) in [5, 5.41) is 27.9. The number of carbonyl (C=O) groups is 1. The Morgan fingerprint density at radius 2 is 1.74 bits per heavy atom. The van der Waals surface area contributed by atoms with Crippen molar-refractivity contribution < 1.29 is 15.0 Å². The molecule has 0 heterocycles. The fourth-order valence-corrected chi connectivity index (χ4v) is 9.34. The Balaban J connectivity index is 1.35. The largest absolute Gasteiger partial charge is 0.393 e. The molecule has 10 atom stereocenters. The molecule has 1 amide bonds. The number of carbonyl (C=O) groups excluding carboxylic acids is 1. The number of aliphatic hydroxyl groups is 2. The zero-order valence-electron chi connectivity index (χ0n) is 21.9. The van der Waals surface area contributed by atoms with Crippen molar-refractivity contribution in [2.24, 2.45) is 52.1 Å². The van der Waals surface area contributed by atoms with E-state index in [1.54, 1.807) is 0 Å². The van der Waals surface area contributed by atoms with Gasteiger partial charge in [-0.1, -0.05) is 20.8 Å². The predicted octanol–water partition coefficient (Wildman–Crippen LogP) is 3.06. The SMILES string of the molecule is C[C@H](CCC(=O)NCCNCCN)[C@H]1CC[C@H]2[C@@H]3[C@@H](O)C[C@@H]4C[C@H](O)CC[C@]4(C)[C@H]3CC[C@]12C. The van der Waals surface area contributed by atoms with Crippen LogP contribution in [-0.2, 0) is 4.79 Å². The molecule has 0 aromatic rings. The second-order valence-electron chi connectivity index (χ2n) is 12.9. The molecule has 0 bridgehead atoms. The van der Waals surface area contributed by atoms with Crippen LogP contribution >= 0.6 is 0 Å². The van der Waals surface area contributed by atoms with Crippen molar-refractivity contribution >= 4 is 5.91 Å². The molecule has 6 N–H and O–H groups in total. The average molecular weight is 478 g/mol. The molecule has 0 aromatic carbocycles. The molecule has 4 rings (SSSR count). The standard InChI is InChI=1S/C28H51N3O3/c1-18(4-7-25(34)31-15-14-30-13-12-29)21-5-6-22-26-23(9-11-28(21,22)3)27(2)10-8-20(32)16-19(27)17-24(26)33/h18-24,26,30,32-33H,4-17,29H2,1-3H3,(H,31,34)/t18-,19+,20-,21-,22+,23+,24+,26+,27+,28-/m1/s1. The maximum absolute atomic E-state index is 12.4. The van der Waals surface area contributed by atoms with Crippen molar-refractivity contribution in [1.29, 1.82) is 0 Å². The maximum Gasteiger partial charge on any atom is 0.220 e. The summed E-state index contributed by atoms with van der Waals surface area (Å²) in [4.78, 5) is 12.4. The summed E-state index contributed by atoms with van der Waals surface area (Å²) in [6.07, 6.45) is 9.90. The van der Waals surface area contributed by atoms with Crippen molar-refractivity contribution in [3.63, 3.8) is 0 Å². The normalized spacial score (nSPS) is 44.6. The van der Waals surface area contributed by atoms with Crippen LogP contribution < -0.4 is 16.4 Å². The molecule has 0 unspecified atom stereocenters. The Bertz CT molecular complexity index is 704. The molecule has 4 aliphatic rings. The van der Waals surface area contributed by atoms with Crippen LogP contribution in [0.2, 0.25) is 0 Å². The Morgan fingerprint density at radius 3 is 2.50 bits per heavy atom. The lowest BCUT2D eigenvalue weighted by Gasteiger charge is -2.62. The summed E-state index contributed by atoms with van der Waals surface area (Å²) in [6, 6.07) is 0. The average Bonchev–Trinajstić information content (AvgIpc) is 3.15. The number of fused-ring (bicyclic) bond motifs is 5. The number of amides is 1. The van der Waals surface area contributed by atoms with Gasteiger partial charge in [0.1, 0.15) is 0 Å². The number of nitrogens with two attached hydrogens (primary N) is 1. The van der Waals surface area contributed by atoms with Crippen LogP contribution in [0.5, 0.6) is 0 Å². The van der Waals surface area contributed by atoms with Gasteiger partial charge in [-0.2, -0.15) is 0 Å². The number of nitrogens with one attached hydrogen (secondary N) is 2. The highest BCUT2D eigenvalue weighted by molar-refractivity contribution is 5.75. The van der Waals surface area contributed by atoms with Crippen LogP contribution in [0.4, 0.5) is 0 Å². The number of aliphatic hydroxyl groups excluding tert-OH is 2. The monoisotopic (exact) mass is 477 g/mol. The molecule has 0 aliphatic heterocycles. The van der Waals surface area contributed by atoms with Gasteiger partial charge in [0.2, 0.25) is 5.91 Å². The fraction of sp³-hybridized carbons (Fsp3) is 0.964. The van der Waals surface area contributed by atoms with E-state index in [2.05, 4.69) is 31.4 Å². The summed E-state index contributed by atoms with van der Waals surface area (Å²) in [5.74, 6) is 3.41. The van der Waals surface area contributed by atoms with E-state index < -0.39 is 0 Å². The summed E-state index contributed by atoms with van der Waals surface area (Å²) in [6.45, 7) is 10.2. The zero-order valence-corrected chi connectivity index (χ0v) is 21.9. The van der Waals surface area contributed by atoms with Crippen molar-refractivity contribution in [3.8, 4) is 0 Å². The quantitative estimate of drug-likeness (QED) is 0.328. The third kappa shape index (κ3) is 4.94. The molecule has 0 saturated heterocycles. The smallest absolute Gasteiger partial charge is 0.220 e. The first-order valence-electron chi connectivity index (χ1n) is 14.2. The first kappa shape index (κ1) is 26.4. The molecule has 0 aromatic heterocycles. The minimum absolute atomic E-state index is 0.158. The van der Waals surface area contributed by atoms with Gasteiger partial charge in [0.25, 0.3) is 0 Å². The van der Waals surface area contributed by atoms with E-state index in [1.165, 1.54) is 25.7 Å². The molecule has 4 aliphatic carbocycles. The van der Waals surface area contributed by atoms with Crippen molar-refractivity contribution in [2.45, 2.75) is 97.2 Å². The summed E-state index contributed by atoms with van der Waals surface area (Å²) in [5.41, 5.74) is 6.04. The van der Waals surface area contributed by atoms with Gasteiger partial charge in [0.15, 0.2) is 0 Å². The molecule has 6 nitrogen and oxygen atoms in total. The molecule has 0 radical (unpaired) electrons. The Morgan fingerprint density at radius 1 is 1.00 bits per heavy atom. The first-order chi connectivity index (χ1) is 16.2. The highest BCUT2D eigenvalue weighted by Crippen LogP contribution is 2.68.